The van der Waals surface area contributed by atoms with E-state index in [1.165, 1.54) is 12.4 Å². The van der Waals surface area contributed by atoms with Crippen molar-refractivity contribution in [3.05, 3.63) is 120 Å². The Bertz CT molecular complexity index is 1880. The van der Waals surface area contributed by atoms with Crippen molar-refractivity contribution >= 4 is 36.0 Å². The summed E-state index contributed by atoms with van der Waals surface area (Å²) in [6.45, 7) is 10.3. The fraction of sp³-hybridized carbons (Fsp3) is 0.381. The van der Waals surface area contributed by atoms with Gasteiger partial charge in [0.2, 0.25) is 0 Å². The SMILES string of the molecule is CC(C)(C)OC(=O)Nc1ccc(COC(=O)N[C@@H](Cc2ccccc2)C[C@H](O)[C@H](Cc2ccccc2)NC(=O)OCc2ccc(NC(=O)OC(C)(C)C)nc2)cn1. The van der Waals surface area contributed by atoms with Gasteiger partial charge >= 0.3 is 24.4 Å². The van der Waals surface area contributed by atoms with Crippen molar-refractivity contribution in [3.8, 4) is 0 Å². The number of rotatable bonds is 15. The molecule has 2 aromatic carbocycles. The van der Waals surface area contributed by atoms with Gasteiger partial charge < -0.3 is 34.7 Å². The molecular formula is C42H52N6O9. The van der Waals surface area contributed by atoms with Gasteiger partial charge in [-0.15, -0.1) is 0 Å². The van der Waals surface area contributed by atoms with Gasteiger partial charge in [-0.1, -0.05) is 72.8 Å². The Hall–Kier alpha value is -6.22. The molecule has 15 nitrogen and oxygen atoms in total. The van der Waals surface area contributed by atoms with Gasteiger partial charge in [-0.25, -0.2) is 29.1 Å². The van der Waals surface area contributed by atoms with E-state index in [9.17, 15) is 24.3 Å². The summed E-state index contributed by atoms with van der Waals surface area (Å²) in [6.07, 6.45) is -0.249. The molecule has 304 valence electrons. The van der Waals surface area contributed by atoms with E-state index in [2.05, 4.69) is 31.2 Å². The van der Waals surface area contributed by atoms with Crippen LogP contribution in [0, 0.1) is 0 Å². The molecule has 15 heteroatoms. The van der Waals surface area contributed by atoms with Crippen LogP contribution in [0.1, 0.15) is 70.2 Å². The molecule has 0 unspecified atom stereocenters. The first-order chi connectivity index (χ1) is 27.0. The van der Waals surface area contributed by atoms with Crippen molar-refractivity contribution in [2.24, 2.45) is 0 Å². The third-order valence-electron chi connectivity index (χ3n) is 7.89. The van der Waals surface area contributed by atoms with Crippen molar-refractivity contribution in [2.45, 2.75) is 103 Å². The third kappa shape index (κ3) is 17.0. The fourth-order valence-electron chi connectivity index (χ4n) is 5.38. The minimum atomic E-state index is -1.12. The van der Waals surface area contributed by atoms with Crippen LogP contribution in [0.2, 0.25) is 0 Å². The summed E-state index contributed by atoms with van der Waals surface area (Å²) in [5.41, 5.74) is 1.60. The summed E-state index contributed by atoms with van der Waals surface area (Å²) in [6, 6.07) is 23.9. The number of hydrogen-bond donors (Lipinski definition) is 5. The average molecular weight is 785 g/mol. The van der Waals surface area contributed by atoms with Gasteiger partial charge in [0.05, 0.1) is 12.1 Å². The zero-order valence-corrected chi connectivity index (χ0v) is 33.1. The second kappa shape index (κ2) is 20.6. The normalized spacial score (nSPS) is 12.9. The standard InChI is InChI=1S/C42H52N6O9/c1-41(2,3)56-39(52)47-35-19-17-30(24-43-35)26-54-37(50)45-32(21-28-13-9-7-10-14-28)23-34(49)33(22-29-15-11-8-12-16-29)46-38(51)55-27-31-18-20-36(44-25-31)48-40(53)57-42(4,5)6/h7-20,24-25,32-34,49H,21-23,26-27H2,1-6H3,(H,45,50)(H,46,51)(H,43,47,52)(H,44,48,53)/t32-,33-,34-/m0/s1. The van der Waals surface area contributed by atoms with E-state index in [1.807, 2.05) is 60.7 Å². The molecule has 0 aliphatic heterocycles. The van der Waals surface area contributed by atoms with Gasteiger partial charge in [-0.3, -0.25) is 10.6 Å². The quantitative estimate of drug-likeness (QED) is 0.0758. The molecule has 0 saturated carbocycles. The molecule has 0 radical (unpaired) electrons. The zero-order valence-electron chi connectivity index (χ0n) is 33.1. The largest absolute Gasteiger partial charge is 0.445 e. The Labute approximate surface area is 332 Å². The van der Waals surface area contributed by atoms with E-state index in [0.717, 1.165) is 11.1 Å². The molecule has 0 saturated heterocycles. The number of anilines is 2. The highest BCUT2D eigenvalue weighted by molar-refractivity contribution is 5.84. The molecule has 5 N–H and O–H groups in total. The highest BCUT2D eigenvalue weighted by Gasteiger charge is 2.27. The van der Waals surface area contributed by atoms with Crippen LogP contribution in [0.4, 0.5) is 30.8 Å². The molecule has 2 heterocycles. The summed E-state index contributed by atoms with van der Waals surface area (Å²) >= 11 is 0. The summed E-state index contributed by atoms with van der Waals surface area (Å²) in [5, 5.41) is 22.4. The second-order valence-corrected chi connectivity index (χ2v) is 15.3. The lowest BCUT2D eigenvalue weighted by atomic mass is 9.94. The number of ether oxygens (including phenoxy) is 4. The number of carbonyl (C=O) groups is 4. The topological polar surface area (TPSA) is 199 Å². The molecule has 4 amide bonds. The predicted octanol–water partition coefficient (Wildman–Crippen LogP) is 7.30. The predicted molar refractivity (Wildman–Crippen MR) is 213 cm³/mol. The van der Waals surface area contributed by atoms with Crippen LogP contribution in [0.25, 0.3) is 0 Å². The lowest BCUT2D eigenvalue weighted by molar-refractivity contribution is 0.0624. The Morgan fingerprint density at radius 2 is 1.02 bits per heavy atom. The third-order valence-corrected chi connectivity index (χ3v) is 7.89. The molecule has 3 atom stereocenters. The van der Waals surface area contributed by atoms with Crippen molar-refractivity contribution in [1.29, 1.82) is 0 Å². The van der Waals surface area contributed by atoms with Crippen molar-refractivity contribution in [2.75, 3.05) is 10.6 Å². The van der Waals surface area contributed by atoms with Crippen LogP contribution in [-0.4, -0.2) is 68.8 Å². The number of hydrogen-bond acceptors (Lipinski definition) is 11. The van der Waals surface area contributed by atoms with E-state index < -0.39 is 53.8 Å². The molecule has 2 aromatic heterocycles. The van der Waals surface area contributed by atoms with E-state index in [4.69, 9.17) is 18.9 Å². The van der Waals surface area contributed by atoms with E-state index in [1.54, 1.807) is 65.8 Å². The first kappa shape index (κ1) is 43.5. The maximum absolute atomic E-state index is 13.1. The number of alkyl carbamates (subject to hydrolysis) is 2. The minimum absolute atomic E-state index is 0.0599. The summed E-state index contributed by atoms with van der Waals surface area (Å²) in [5.74, 6) is 0.545. The average Bonchev–Trinajstić information content (AvgIpc) is 3.13. The van der Waals surface area contributed by atoms with Gasteiger partial charge in [0.25, 0.3) is 0 Å². The van der Waals surface area contributed by atoms with Crippen LogP contribution < -0.4 is 21.3 Å². The molecule has 0 aliphatic carbocycles. The number of carbonyl (C=O) groups excluding carboxylic acids is 4. The number of pyridine rings is 2. The molecule has 0 fully saturated rings. The number of benzene rings is 2. The summed E-state index contributed by atoms with van der Waals surface area (Å²) < 4.78 is 21.5. The van der Waals surface area contributed by atoms with Gasteiger partial charge in [-0.05, 0) is 84.1 Å². The fourth-order valence-corrected chi connectivity index (χ4v) is 5.38. The van der Waals surface area contributed by atoms with Crippen LogP contribution in [-0.2, 0) is 45.0 Å². The molecule has 4 rings (SSSR count). The summed E-state index contributed by atoms with van der Waals surface area (Å²) in [7, 11) is 0. The van der Waals surface area contributed by atoms with Gasteiger partial charge in [0.1, 0.15) is 36.1 Å². The first-order valence-electron chi connectivity index (χ1n) is 18.5. The molecule has 4 aromatic rings. The Balaban J connectivity index is 1.37. The first-order valence-corrected chi connectivity index (χ1v) is 18.5. The van der Waals surface area contributed by atoms with Crippen LogP contribution in [0.15, 0.2) is 97.3 Å². The van der Waals surface area contributed by atoms with Gasteiger partial charge in [-0.2, -0.15) is 0 Å². The summed E-state index contributed by atoms with van der Waals surface area (Å²) in [4.78, 5) is 58.7. The molecule has 0 spiro atoms. The van der Waals surface area contributed by atoms with Crippen LogP contribution >= 0.6 is 0 Å². The lowest BCUT2D eigenvalue weighted by Gasteiger charge is -2.28. The molecule has 0 aliphatic rings. The monoisotopic (exact) mass is 784 g/mol. The Morgan fingerprint density at radius 1 is 0.579 bits per heavy atom. The number of aliphatic hydroxyl groups is 1. The van der Waals surface area contributed by atoms with Gasteiger partial charge in [0.15, 0.2) is 0 Å². The smallest absolute Gasteiger partial charge is 0.413 e. The van der Waals surface area contributed by atoms with E-state index in [0.29, 0.717) is 17.5 Å². The minimum Gasteiger partial charge on any atom is -0.445 e. The lowest BCUT2D eigenvalue weighted by Crippen LogP contribution is -2.48. The number of amides is 4. The van der Waals surface area contributed by atoms with Crippen molar-refractivity contribution in [3.63, 3.8) is 0 Å². The van der Waals surface area contributed by atoms with Crippen molar-refractivity contribution < 1.29 is 43.2 Å². The number of nitrogens with zero attached hydrogens (tertiary/aromatic N) is 2. The van der Waals surface area contributed by atoms with Crippen LogP contribution in [0.3, 0.4) is 0 Å². The van der Waals surface area contributed by atoms with Gasteiger partial charge in [0, 0.05) is 29.6 Å². The number of nitrogens with one attached hydrogen (secondary N) is 4. The highest BCUT2D eigenvalue weighted by Crippen LogP contribution is 2.17. The maximum atomic E-state index is 13.1. The van der Waals surface area contributed by atoms with E-state index in [-0.39, 0.29) is 37.7 Å². The Morgan fingerprint density at radius 3 is 1.44 bits per heavy atom. The zero-order chi connectivity index (χ0) is 41.4. The molecule has 0 bridgehead atoms. The molecule has 57 heavy (non-hydrogen) atoms. The van der Waals surface area contributed by atoms with E-state index >= 15 is 0 Å². The van der Waals surface area contributed by atoms with Crippen molar-refractivity contribution in [1.82, 2.24) is 20.6 Å². The number of aromatic nitrogens is 2. The van der Waals surface area contributed by atoms with Crippen LogP contribution in [0.5, 0.6) is 0 Å². The highest BCUT2D eigenvalue weighted by atomic mass is 16.6. The second-order valence-electron chi connectivity index (χ2n) is 15.3. The molecular weight excluding hydrogens is 732 g/mol. The Kier molecular flexibility index (Phi) is 15.7. The number of aliphatic hydroxyl groups excluding tert-OH is 1. The maximum Gasteiger partial charge on any atom is 0.413 e.